The smallest absolute Gasteiger partial charge is 0.317 e. The van der Waals surface area contributed by atoms with Gasteiger partial charge in [0.2, 0.25) is 5.91 Å². The van der Waals surface area contributed by atoms with Crippen LogP contribution in [-0.2, 0) is 9.59 Å². The minimum absolute atomic E-state index is 0.0324. The number of carbonyl (C=O) groups excluding carboxylic acids is 1. The molecule has 108 valence electrons. The standard InChI is InChI=1S/C14H24N2O3/c1-2-8-15(12-14(18)19)11-13(17)16-9-6-4-3-5-7-10-16/h2H,1,3-12H2,(H,18,19). The molecule has 0 aromatic heterocycles. The normalized spacial score (nSPS) is 16.8. The summed E-state index contributed by atoms with van der Waals surface area (Å²) in [4.78, 5) is 26.4. The molecule has 0 atom stereocenters. The molecule has 0 aliphatic carbocycles. The molecule has 0 radical (unpaired) electrons. The second-order valence-corrected chi connectivity index (χ2v) is 5.00. The minimum Gasteiger partial charge on any atom is -0.480 e. The Hall–Kier alpha value is -1.36. The van der Waals surface area contributed by atoms with Crippen molar-refractivity contribution in [3.63, 3.8) is 0 Å². The largest absolute Gasteiger partial charge is 0.480 e. The zero-order chi connectivity index (χ0) is 14.1. The summed E-state index contributed by atoms with van der Waals surface area (Å²) in [7, 11) is 0. The third-order valence-electron chi connectivity index (χ3n) is 3.31. The first-order valence-corrected chi connectivity index (χ1v) is 6.96. The molecule has 19 heavy (non-hydrogen) atoms. The highest BCUT2D eigenvalue weighted by atomic mass is 16.4. The number of amides is 1. The van der Waals surface area contributed by atoms with Crippen molar-refractivity contribution in [2.75, 3.05) is 32.7 Å². The molecular weight excluding hydrogens is 244 g/mol. The summed E-state index contributed by atoms with van der Waals surface area (Å²) in [6, 6.07) is 0. The second-order valence-electron chi connectivity index (χ2n) is 5.00. The topological polar surface area (TPSA) is 60.9 Å². The predicted octanol–water partition coefficient (Wildman–Crippen LogP) is 1.35. The summed E-state index contributed by atoms with van der Waals surface area (Å²) in [6.45, 7) is 5.66. The van der Waals surface area contributed by atoms with Crippen molar-refractivity contribution in [1.29, 1.82) is 0 Å². The van der Waals surface area contributed by atoms with Crippen LogP contribution in [0, 0.1) is 0 Å². The van der Waals surface area contributed by atoms with E-state index in [4.69, 9.17) is 5.11 Å². The molecule has 0 aromatic carbocycles. The van der Waals surface area contributed by atoms with E-state index in [9.17, 15) is 9.59 Å². The molecule has 0 saturated carbocycles. The van der Waals surface area contributed by atoms with Crippen molar-refractivity contribution >= 4 is 11.9 Å². The highest BCUT2D eigenvalue weighted by Gasteiger charge is 2.18. The highest BCUT2D eigenvalue weighted by molar-refractivity contribution is 5.79. The first kappa shape index (κ1) is 15.7. The van der Waals surface area contributed by atoms with E-state index < -0.39 is 5.97 Å². The van der Waals surface area contributed by atoms with Crippen LogP contribution in [0.15, 0.2) is 12.7 Å². The number of rotatable bonds is 6. The highest BCUT2D eigenvalue weighted by Crippen LogP contribution is 2.10. The Balaban J connectivity index is 2.48. The van der Waals surface area contributed by atoms with E-state index in [-0.39, 0.29) is 19.0 Å². The van der Waals surface area contributed by atoms with Crippen LogP contribution in [0.3, 0.4) is 0 Å². The van der Waals surface area contributed by atoms with E-state index in [1.54, 1.807) is 11.0 Å². The first-order chi connectivity index (χ1) is 9.13. The van der Waals surface area contributed by atoms with Crippen LogP contribution in [-0.4, -0.2) is 59.5 Å². The number of carboxylic acid groups (broad SMARTS) is 1. The lowest BCUT2D eigenvalue weighted by Gasteiger charge is -2.27. The van der Waals surface area contributed by atoms with Crippen LogP contribution in [0.5, 0.6) is 0 Å². The molecule has 1 heterocycles. The Labute approximate surface area is 114 Å². The molecule has 0 spiro atoms. The summed E-state index contributed by atoms with van der Waals surface area (Å²) in [5.41, 5.74) is 0. The fourth-order valence-electron chi connectivity index (χ4n) is 2.35. The number of carbonyl (C=O) groups is 2. The molecule has 5 heteroatoms. The predicted molar refractivity (Wildman–Crippen MR) is 73.9 cm³/mol. The van der Waals surface area contributed by atoms with Gasteiger partial charge in [-0.05, 0) is 12.8 Å². The monoisotopic (exact) mass is 268 g/mol. The maximum absolute atomic E-state index is 12.2. The number of hydrogen-bond donors (Lipinski definition) is 1. The van der Waals surface area contributed by atoms with Crippen molar-refractivity contribution in [2.45, 2.75) is 32.1 Å². The summed E-state index contributed by atoms with van der Waals surface area (Å²) in [6.07, 6.45) is 7.33. The van der Waals surface area contributed by atoms with Crippen LogP contribution in [0.25, 0.3) is 0 Å². The Morgan fingerprint density at radius 3 is 2.21 bits per heavy atom. The average Bonchev–Trinajstić information content (AvgIpc) is 2.27. The molecule has 0 bridgehead atoms. The lowest BCUT2D eigenvalue weighted by Crippen LogP contribution is -2.43. The lowest BCUT2D eigenvalue weighted by atomic mass is 10.1. The first-order valence-electron chi connectivity index (χ1n) is 6.96. The van der Waals surface area contributed by atoms with Gasteiger partial charge >= 0.3 is 5.97 Å². The Morgan fingerprint density at radius 1 is 1.11 bits per heavy atom. The zero-order valence-corrected chi connectivity index (χ0v) is 11.5. The van der Waals surface area contributed by atoms with E-state index in [0.29, 0.717) is 6.54 Å². The Bertz CT molecular complexity index is 310. The van der Waals surface area contributed by atoms with E-state index in [0.717, 1.165) is 25.9 Å². The molecule has 0 aromatic rings. The number of aliphatic carboxylic acids is 1. The summed E-state index contributed by atoms with van der Waals surface area (Å²) in [5, 5.41) is 8.82. The van der Waals surface area contributed by atoms with Crippen LogP contribution < -0.4 is 0 Å². The van der Waals surface area contributed by atoms with Gasteiger partial charge in [-0.2, -0.15) is 0 Å². The molecule has 1 saturated heterocycles. The third kappa shape index (κ3) is 6.38. The SMILES string of the molecule is C=CCN(CC(=O)O)CC(=O)N1CCCCCCC1. The van der Waals surface area contributed by atoms with Gasteiger partial charge in [-0.15, -0.1) is 6.58 Å². The van der Waals surface area contributed by atoms with Gasteiger partial charge in [0.05, 0.1) is 13.1 Å². The van der Waals surface area contributed by atoms with Gasteiger partial charge in [0, 0.05) is 19.6 Å². The van der Waals surface area contributed by atoms with Crippen molar-refractivity contribution in [3.8, 4) is 0 Å². The van der Waals surface area contributed by atoms with Crippen LogP contribution >= 0.6 is 0 Å². The molecule has 1 fully saturated rings. The van der Waals surface area contributed by atoms with Gasteiger partial charge in [0.1, 0.15) is 0 Å². The fraction of sp³-hybridized carbons (Fsp3) is 0.714. The number of carboxylic acids is 1. The number of likely N-dealkylation sites (tertiary alicyclic amines) is 1. The quantitative estimate of drug-likeness (QED) is 0.739. The number of nitrogens with zero attached hydrogens (tertiary/aromatic N) is 2. The summed E-state index contributed by atoms with van der Waals surface area (Å²) < 4.78 is 0. The van der Waals surface area contributed by atoms with E-state index in [1.807, 2.05) is 4.90 Å². The van der Waals surface area contributed by atoms with Gasteiger partial charge in [-0.1, -0.05) is 25.3 Å². The van der Waals surface area contributed by atoms with E-state index in [1.165, 1.54) is 19.3 Å². The molecule has 1 amide bonds. The van der Waals surface area contributed by atoms with Crippen molar-refractivity contribution in [1.82, 2.24) is 9.80 Å². The minimum atomic E-state index is -0.915. The summed E-state index contributed by atoms with van der Waals surface area (Å²) in [5.74, 6) is -0.882. The van der Waals surface area contributed by atoms with Gasteiger partial charge in [0.15, 0.2) is 0 Å². The fourth-order valence-corrected chi connectivity index (χ4v) is 2.35. The van der Waals surface area contributed by atoms with Crippen molar-refractivity contribution in [2.24, 2.45) is 0 Å². The average molecular weight is 268 g/mol. The third-order valence-corrected chi connectivity index (χ3v) is 3.31. The molecule has 1 N–H and O–H groups in total. The molecular formula is C14H24N2O3. The maximum atomic E-state index is 12.2. The zero-order valence-electron chi connectivity index (χ0n) is 11.5. The number of hydrogen-bond acceptors (Lipinski definition) is 3. The summed E-state index contributed by atoms with van der Waals surface area (Å²) >= 11 is 0. The maximum Gasteiger partial charge on any atom is 0.317 e. The molecule has 1 aliphatic heterocycles. The van der Waals surface area contributed by atoms with Gasteiger partial charge in [-0.25, -0.2) is 0 Å². The van der Waals surface area contributed by atoms with Crippen LogP contribution in [0.4, 0.5) is 0 Å². The van der Waals surface area contributed by atoms with E-state index in [2.05, 4.69) is 6.58 Å². The molecule has 5 nitrogen and oxygen atoms in total. The second kappa shape index (κ2) is 8.69. The molecule has 0 unspecified atom stereocenters. The van der Waals surface area contributed by atoms with Gasteiger partial charge in [-0.3, -0.25) is 14.5 Å². The molecule has 1 rings (SSSR count). The van der Waals surface area contributed by atoms with Crippen molar-refractivity contribution < 1.29 is 14.7 Å². The Morgan fingerprint density at radius 2 is 1.68 bits per heavy atom. The van der Waals surface area contributed by atoms with E-state index >= 15 is 0 Å². The lowest BCUT2D eigenvalue weighted by molar-refractivity contribution is -0.139. The van der Waals surface area contributed by atoms with Crippen LogP contribution in [0.2, 0.25) is 0 Å². The molecule has 1 aliphatic rings. The van der Waals surface area contributed by atoms with Crippen LogP contribution in [0.1, 0.15) is 32.1 Å². The van der Waals surface area contributed by atoms with Gasteiger partial charge < -0.3 is 10.0 Å². The Kier molecular flexibility index (Phi) is 7.18. The van der Waals surface area contributed by atoms with Crippen molar-refractivity contribution in [3.05, 3.63) is 12.7 Å². The van der Waals surface area contributed by atoms with Gasteiger partial charge in [0.25, 0.3) is 0 Å².